The lowest BCUT2D eigenvalue weighted by molar-refractivity contribution is 0.146. The van der Waals surface area contributed by atoms with E-state index in [1.54, 1.807) is 6.07 Å². The number of fused-ring (bicyclic) bond motifs is 5. The summed E-state index contributed by atoms with van der Waals surface area (Å²) in [5.41, 5.74) is 2.66. The fraction of sp³-hybridized carbons (Fsp3) is 0.227. The number of carbonyl (C=O) groups is 1. The zero-order valence-corrected chi connectivity index (χ0v) is 17.0. The second kappa shape index (κ2) is 8.14. The SMILES string of the molecule is CN(C)CCCOc1ccc2c(c1)Oc1ccccc1-c1cc(OC(=O)O)sc1-2. The van der Waals surface area contributed by atoms with Gasteiger partial charge in [0.15, 0.2) is 5.06 Å². The van der Waals surface area contributed by atoms with Crippen LogP contribution in [0.15, 0.2) is 48.5 Å². The number of hydrogen-bond acceptors (Lipinski definition) is 6. The molecule has 0 spiro atoms. The van der Waals surface area contributed by atoms with E-state index in [4.69, 9.17) is 19.3 Å². The molecule has 150 valence electrons. The molecular formula is C22H21NO5S. The van der Waals surface area contributed by atoms with Gasteiger partial charge in [0.25, 0.3) is 0 Å². The molecule has 7 heteroatoms. The van der Waals surface area contributed by atoms with Crippen molar-refractivity contribution >= 4 is 17.5 Å². The van der Waals surface area contributed by atoms with Gasteiger partial charge in [-0.05, 0) is 38.7 Å². The van der Waals surface area contributed by atoms with Gasteiger partial charge in [-0.2, -0.15) is 0 Å². The van der Waals surface area contributed by atoms with E-state index in [1.807, 2.05) is 56.6 Å². The van der Waals surface area contributed by atoms with Crippen LogP contribution in [0, 0.1) is 0 Å². The van der Waals surface area contributed by atoms with E-state index in [-0.39, 0.29) is 0 Å². The van der Waals surface area contributed by atoms with Crippen LogP contribution < -0.4 is 14.2 Å². The molecule has 0 amide bonds. The van der Waals surface area contributed by atoms with Crippen LogP contribution >= 0.6 is 11.3 Å². The Morgan fingerprint density at radius 3 is 2.69 bits per heavy atom. The molecule has 0 aliphatic carbocycles. The molecule has 1 aromatic heterocycles. The topological polar surface area (TPSA) is 68.2 Å². The number of para-hydroxylation sites is 1. The fourth-order valence-electron chi connectivity index (χ4n) is 3.24. The number of hydrogen-bond donors (Lipinski definition) is 1. The van der Waals surface area contributed by atoms with Crippen molar-refractivity contribution in [1.82, 2.24) is 4.90 Å². The quantitative estimate of drug-likeness (QED) is 0.330. The average molecular weight is 411 g/mol. The van der Waals surface area contributed by atoms with Crippen molar-refractivity contribution in [1.29, 1.82) is 0 Å². The normalized spacial score (nSPS) is 11.7. The number of ether oxygens (including phenoxy) is 3. The number of rotatable bonds is 6. The van der Waals surface area contributed by atoms with Gasteiger partial charge in [0.05, 0.1) is 6.61 Å². The van der Waals surface area contributed by atoms with Gasteiger partial charge in [0.1, 0.15) is 17.2 Å². The molecule has 29 heavy (non-hydrogen) atoms. The predicted molar refractivity (Wildman–Crippen MR) is 113 cm³/mol. The molecule has 1 aliphatic heterocycles. The monoisotopic (exact) mass is 411 g/mol. The Morgan fingerprint density at radius 1 is 1.07 bits per heavy atom. The zero-order valence-electron chi connectivity index (χ0n) is 16.2. The molecule has 2 heterocycles. The minimum Gasteiger partial charge on any atom is -0.493 e. The van der Waals surface area contributed by atoms with Crippen LogP contribution in [-0.4, -0.2) is 43.4 Å². The highest BCUT2D eigenvalue weighted by Crippen LogP contribution is 2.52. The summed E-state index contributed by atoms with van der Waals surface area (Å²) in [6.45, 7) is 1.58. The van der Waals surface area contributed by atoms with Crippen molar-refractivity contribution in [3.05, 3.63) is 48.5 Å². The molecule has 0 fully saturated rings. The summed E-state index contributed by atoms with van der Waals surface area (Å²) in [6, 6.07) is 15.2. The molecular weight excluding hydrogens is 390 g/mol. The van der Waals surface area contributed by atoms with Crippen molar-refractivity contribution in [3.63, 3.8) is 0 Å². The van der Waals surface area contributed by atoms with Gasteiger partial charge < -0.3 is 24.2 Å². The highest BCUT2D eigenvalue weighted by atomic mass is 32.1. The van der Waals surface area contributed by atoms with Crippen LogP contribution in [0.25, 0.3) is 21.6 Å². The lowest BCUT2D eigenvalue weighted by Gasteiger charge is -2.13. The summed E-state index contributed by atoms with van der Waals surface area (Å²) in [7, 11) is 4.07. The van der Waals surface area contributed by atoms with E-state index in [0.29, 0.717) is 23.2 Å². The minimum atomic E-state index is -1.33. The minimum absolute atomic E-state index is 0.328. The van der Waals surface area contributed by atoms with Crippen molar-refractivity contribution in [2.24, 2.45) is 0 Å². The summed E-state index contributed by atoms with van der Waals surface area (Å²) < 4.78 is 17.0. The molecule has 4 rings (SSSR count). The first-order valence-electron chi connectivity index (χ1n) is 9.25. The first-order chi connectivity index (χ1) is 14.0. The van der Waals surface area contributed by atoms with Gasteiger partial charge in [-0.15, -0.1) is 0 Å². The van der Waals surface area contributed by atoms with Gasteiger partial charge in [-0.1, -0.05) is 29.5 Å². The Hall–Kier alpha value is -3.03. The van der Waals surface area contributed by atoms with Crippen LogP contribution in [0.3, 0.4) is 0 Å². The summed E-state index contributed by atoms with van der Waals surface area (Å²) in [5, 5.41) is 9.32. The number of carboxylic acid groups (broad SMARTS) is 1. The first kappa shape index (κ1) is 19.3. The molecule has 1 aliphatic rings. The summed E-state index contributed by atoms with van der Waals surface area (Å²) in [6.07, 6.45) is -0.397. The van der Waals surface area contributed by atoms with Crippen LogP contribution in [0.5, 0.6) is 22.3 Å². The Morgan fingerprint density at radius 2 is 1.90 bits per heavy atom. The van der Waals surface area contributed by atoms with Crippen LogP contribution in [0.4, 0.5) is 4.79 Å². The van der Waals surface area contributed by atoms with Gasteiger partial charge in [0, 0.05) is 40.2 Å². The van der Waals surface area contributed by atoms with Crippen LogP contribution in [-0.2, 0) is 0 Å². The van der Waals surface area contributed by atoms with Crippen LogP contribution in [0.2, 0.25) is 0 Å². The number of benzene rings is 2. The lowest BCUT2D eigenvalue weighted by atomic mass is 10.0. The third kappa shape index (κ3) is 4.21. The van der Waals surface area contributed by atoms with E-state index in [0.717, 1.165) is 40.3 Å². The van der Waals surface area contributed by atoms with Gasteiger partial charge >= 0.3 is 6.16 Å². The van der Waals surface area contributed by atoms with E-state index in [1.165, 1.54) is 11.3 Å². The second-order valence-corrected chi connectivity index (χ2v) is 7.95. The molecule has 0 radical (unpaired) electrons. The standard InChI is InChI=1S/C22H21NO5S/c1-23(2)10-5-11-26-14-8-9-16-19(12-14)27-18-7-4-3-6-15(18)17-13-20(28-22(24)25)29-21(16)17/h3-4,6-9,12-13H,5,10-11H2,1-2H3,(H,24,25). The molecule has 0 saturated heterocycles. The average Bonchev–Trinajstić information content (AvgIpc) is 3.03. The van der Waals surface area contributed by atoms with Crippen LogP contribution in [0.1, 0.15) is 6.42 Å². The molecule has 0 bridgehead atoms. The zero-order chi connectivity index (χ0) is 20.4. The Kier molecular flexibility index (Phi) is 5.42. The first-order valence-corrected chi connectivity index (χ1v) is 10.1. The Labute approximate surface area is 172 Å². The number of nitrogens with zero attached hydrogens (tertiary/aromatic N) is 1. The maximum atomic E-state index is 11.0. The highest BCUT2D eigenvalue weighted by molar-refractivity contribution is 7.18. The van der Waals surface area contributed by atoms with E-state index < -0.39 is 6.16 Å². The van der Waals surface area contributed by atoms with E-state index >= 15 is 0 Å². The third-order valence-corrected chi connectivity index (χ3v) is 5.56. The highest BCUT2D eigenvalue weighted by Gasteiger charge is 2.25. The molecule has 2 aromatic carbocycles. The van der Waals surface area contributed by atoms with Gasteiger partial charge in [-0.25, -0.2) is 4.79 Å². The second-order valence-electron chi connectivity index (χ2n) is 6.94. The summed E-state index contributed by atoms with van der Waals surface area (Å²) in [5.74, 6) is 2.11. The van der Waals surface area contributed by atoms with E-state index in [9.17, 15) is 4.79 Å². The van der Waals surface area contributed by atoms with E-state index in [2.05, 4.69) is 4.90 Å². The van der Waals surface area contributed by atoms with Crippen molar-refractivity contribution in [2.75, 3.05) is 27.2 Å². The summed E-state index contributed by atoms with van der Waals surface area (Å²) >= 11 is 1.28. The maximum Gasteiger partial charge on any atom is 0.512 e. The smallest absolute Gasteiger partial charge is 0.493 e. The Bertz CT molecular complexity index is 1040. The Balaban J connectivity index is 1.70. The molecule has 3 aromatic rings. The third-order valence-electron chi connectivity index (χ3n) is 4.51. The van der Waals surface area contributed by atoms with Gasteiger partial charge in [0.2, 0.25) is 0 Å². The lowest BCUT2D eigenvalue weighted by Crippen LogP contribution is -2.15. The van der Waals surface area contributed by atoms with Crippen molar-refractivity contribution in [2.45, 2.75) is 6.42 Å². The fourth-order valence-corrected chi connectivity index (χ4v) is 4.29. The summed E-state index contributed by atoms with van der Waals surface area (Å²) in [4.78, 5) is 14.0. The molecule has 0 atom stereocenters. The molecule has 0 unspecified atom stereocenters. The molecule has 1 N–H and O–H groups in total. The molecule has 0 saturated carbocycles. The predicted octanol–water partition coefficient (Wildman–Crippen LogP) is 5.58. The van der Waals surface area contributed by atoms with Crippen molar-refractivity contribution in [3.8, 4) is 43.9 Å². The number of thiophene rings is 1. The van der Waals surface area contributed by atoms with Crippen molar-refractivity contribution < 1.29 is 24.1 Å². The van der Waals surface area contributed by atoms with Gasteiger partial charge in [-0.3, -0.25) is 0 Å². The largest absolute Gasteiger partial charge is 0.512 e. The maximum absolute atomic E-state index is 11.0. The molecule has 6 nitrogen and oxygen atoms in total.